The second-order valence-corrected chi connectivity index (χ2v) is 5.64. The molecule has 0 bridgehead atoms. The van der Waals surface area contributed by atoms with E-state index in [1.165, 1.54) is 6.92 Å². The molecular formula is C12H15BrF3N3O2. The lowest BCUT2D eigenvalue weighted by molar-refractivity contribution is -0.142. The molecule has 0 aromatic carbocycles. The number of amides is 1. The Bertz CT molecular complexity index is 525. The van der Waals surface area contributed by atoms with Crippen LogP contribution >= 0.6 is 15.9 Å². The van der Waals surface area contributed by atoms with Crippen molar-refractivity contribution in [3.8, 4) is 0 Å². The maximum Gasteiger partial charge on any atom is 0.436 e. The van der Waals surface area contributed by atoms with Crippen LogP contribution < -0.4 is 5.32 Å². The number of ether oxygens (including phenoxy) is 1. The Labute approximate surface area is 128 Å². The van der Waals surface area contributed by atoms with Crippen LogP contribution in [0.3, 0.4) is 0 Å². The highest BCUT2D eigenvalue weighted by Gasteiger charge is 2.38. The van der Waals surface area contributed by atoms with Crippen molar-refractivity contribution in [3.63, 3.8) is 0 Å². The van der Waals surface area contributed by atoms with Crippen LogP contribution in [0, 0.1) is 6.92 Å². The predicted molar refractivity (Wildman–Crippen MR) is 71.6 cm³/mol. The maximum atomic E-state index is 12.7. The highest BCUT2D eigenvalue weighted by atomic mass is 79.9. The maximum absolute atomic E-state index is 12.7. The molecule has 2 rings (SSSR count). The summed E-state index contributed by atoms with van der Waals surface area (Å²) in [5.74, 6) is -0.391. The zero-order valence-corrected chi connectivity index (χ0v) is 12.9. The second kappa shape index (κ2) is 6.35. The fourth-order valence-electron chi connectivity index (χ4n) is 2.08. The lowest BCUT2D eigenvalue weighted by atomic mass is 10.2. The number of hydrogen-bond acceptors (Lipinski definition) is 3. The van der Waals surface area contributed by atoms with Gasteiger partial charge in [-0.25, -0.2) is 0 Å². The molecule has 118 valence electrons. The number of hydrogen-bond donors (Lipinski definition) is 1. The van der Waals surface area contributed by atoms with Gasteiger partial charge in [0.05, 0.1) is 16.3 Å². The monoisotopic (exact) mass is 369 g/mol. The number of alkyl halides is 3. The summed E-state index contributed by atoms with van der Waals surface area (Å²) in [7, 11) is 0. The second-order valence-electron chi connectivity index (χ2n) is 4.84. The predicted octanol–water partition coefficient (Wildman–Crippen LogP) is 2.27. The van der Waals surface area contributed by atoms with Gasteiger partial charge < -0.3 is 10.1 Å². The van der Waals surface area contributed by atoms with Crippen LogP contribution in [-0.4, -0.2) is 34.9 Å². The van der Waals surface area contributed by atoms with Crippen molar-refractivity contribution in [3.05, 3.63) is 15.9 Å². The van der Waals surface area contributed by atoms with Gasteiger partial charge in [-0.15, -0.1) is 0 Å². The van der Waals surface area contributed by atoms with Gasteiger partial charge in [-0.3, -0.25) is 9.48 Å². The number of nitrogens with zero attached hydrogens (tertiary/aromatic N) is 2. The Morgan fingerprint density at radius 2 is 2.29 bits per heavy atom. The van der Waals surface area contributed by atoms with Crippen molar-refractivity contribution in [2.45, 2.75) is 38.6 Å². The normalized spacial score (nSPS) is 19.0. The van der Waals surface area contributed by atoms with Gasteiger partial charge in [0.25, 0.3) is 0 Å². The summed E-state index contributed by atoms with van der Waals surface area (Å²) >= 11 is 2.86. The van der Waals surface area contributed by atoms with Crippen LogP contribution in [0.15, 0.2) is 4.47 Å². The zero-order chi connectivity index (χ0) is 15.6. The number of aromatic nitrogens is 2. The van der Waals surface area contributed by atoms with Gasteiger partial charge in [-0.2, -0.15) is 18.3 Å². The van der Waals surface area contributed by atoms with E-state index in [9.17, 15) is 18.0 Å². The molecule has 0 unspecified atom stereocenters. The number of nitrogens with one attached hydrogen (secondary N) is 1. The van der Waals surface area contributed by atoms with Gasteiger partial charge in [-0.1, -0.05) is 0 Å². The van der Waals surface area contributed by atoms with Crippen molar-refractivity contribution in [2.24, 2.45) is 0 Å². The molecular weight excluding hydrogens is 355 g/mol. The minimum atomic E-state index is -4.55. The quantitative estimate of drug-likeness (QED) is 0.885. The molecule has 2 heterocycles. The van der Waals surface area contributed by atoms with E-state index >= 15 is 0 Å². The Balaban J connectivity index is 1.97. The molecule has 1 aliphatic rings. The van der Waals surface area contributed by atoms with E-state index in [0.717, 1.165) is 17.5 Å². The summed E-state index contributed by atoms with van der Waals surface area (Å²) < 4.78 is 44.4. The summed E-state index contributed by atoms with van der Waals surface area (Å²) in [5.41, 5.74) is -0.762. The summed E-state index contributed by atoms with van der Waals surface area (Å²) in [5, 5.41) is 6.10. The Hall–Kier alpha value is -1.09. The summed E-state index contributed by atoms with van der Waals surface area (Å²) in [4.78, 5) is 11.8. The van der Waals surface area contributed by atoms with Gasteiger partial charge in [0, 0.05) is 13.2 Å². The fourth-order valence-corrected chi connectivity index (χ4v) is 2.59. The highest BCUT2D eigenvalue weighted by Crippen LogP contribution is 2.35. The Morgan fingerprint density at radius 1 is 1.57 bits per heavy atom. The van der Waals surface area contributed by atoms with Crippen LogP contribution in [0.25, 0.3) is 0 Å². The molecule has 5 nitrogen and oxygen atoms in total. The van der Waals surface area contributed by atoms with Crippen LogP contribution in [0.1, 0.15) is 24.2 Å². The molecule has 9 heteroatoms. The van der Waals surface area contributed by atoms with E-state index in [2.05, 4.69) is 26.3 Å². The molecule has 0 spiro atoms. The topological polar surface area (TPSA) is 56.2 Å². The largest absolute Gasteiger partial charge is 0.436 e. The Kier molecular flexibility index (Phi) is 4.92. The number of carbonyl (C=O) groups is 1. The smallest absolute Gasteiger partial charge is 0.376 e. The van der Waals surface area contributed by atoms with Gasteiger partial charge in [-0.05, 0) is 35.7 Å². The highest BCUT2D eigenvalue weighted by molar-refractivity contribution is 9.10. The van der Waals surface area contributed by atoms with Crippen LogP contribution in [-0.2, 0) is 22.3 Å². The van der Waals surface area contributed by atoms with Gasteiger partial charge >= 0.3 is 6.18 Å². The summed E-state index contributed by atoms with van der Waals surface area (Å²) in [6.45, 7) is 2.26. The van der Waals surface area contributed by atoms with E-state index in [1.807, 2.05) is 0 Å². The third-order valence-corrected chi connectivity index (χ3v) is 4.20. The van der Waals surface area contributed by atoms with Crippen LogP contribution in [0.4, 0.5) is 13.2 Å². The zero-order valence-electron chi connectivity index (χ0n) is 11.3. The Morgan fingerprint density at radius 3 is 2.81 bits per heavy atom. The lowest BCUT2D eigenvalue weighted by Crippen LogP contribution is -2.34. The van der Waals surface area contributed by atoms with E-state index in [4.69, 9.17) is 4.74 Å². The summed E-state index contributed by atoms with van der Waals surface area (Å²) in [6, 6.07) is 0. The molecule has 1 aliphatic heterocycles. The van der Waals surface area contributed by atoms with Gasteiger partial charge in [0.1, 0.15) is 6.54 Å². The average molecular weight is 370 g/mol. The first-order chi connectivity index (χ1) is 9.79. The number of carbonyl (C=O) groups excluding carboxylic acids is 1. The molecule has 0 aliphatic carbocycles. The lowest BCUT2D eigenvalue weighted by Gasteiger charge is -2.11. The molecule has 1 N–H and O–H groups in total. The van der Waals surface area contributed by atoms with Crippen molar-refractivity contribution in [1.29, 1.82) is 0 Å². The van der Waals surface area contributed by atoms with E-state index in [1.54, 1.807) is 0 Å². The number of halogens is 4. The van der Waals surface area contributed by atoms with E-state index in [-0.39, 0.29) is 22.8 Å². The van der Waals surface area contributed by atoms with Gasteiger partial charge in [0.2, 0.25) is 5.91 Å². The molecule has 1 atom stereocenters. The third-order valence-electron chi connectivity index (χ3n) is 3.25. The molecule has 0 radical (unpaired) electrons. The van der Waals surface area contributed by atoms with Crippen molar-refractivity contribution >= 4 is 21.8 Å². The van der Waals surface area contributed by atoms with Crippen molar-refractivity contribution in [2.75, 3.05) is 13.2 Å². The number of rotatable bonds is 4. The third kappa shape index (κ3) is 3.97. The molecule has 1 saturated heterocycles. The first-order valence-corrected chi connectivity index (χ1v) is 7.26. The van der Waals surface area contributed by atoms with Gasteiger partial charge in [0.15, 0.2) is 5.69 Å². The summed E-state index contributed by atoms with van der Waals surface area (Å²) in [6.07, 6.45) is -2.72. The van der Waals surface area contributed by atoms with Crippen LogP contribution in [0.5, 0.6) is 0 Å². The average Bonchev–Trinajstić information content (AvgIpc) is 2.99. The molecule has 1 aromatic rings. The molecule has 0 saturated carbocycles. The SMILES string of the molecule is Cc1c(Br)c(C(F)(F)F)nn1CC(=O)NC[C@@H]1CCCO1. The minimum Gasteiger partial charge on any atom is -0.376 e. The van der Waals surface area contributed by atoms with Crippen molar-refractivity contribution < 1.29 is 22.7 Å². The van der Waals surface area contributed by atoms with E-state index < -0.39 is 17.8 Å². The minimum absolute atomic E-state index is 0.00913. The van der Waals surface area contributed by atoms with E-state index in [0.29, 0.717) is 13.2 Å². The standard InChI is InChI=1S/C12H15BrF3N3O2/c1-7-10(13)11(12(14,15)16)18-19(7)6-9(20)17-5-8-3-2-4-21-8/h8H,2-6H2,1H3,(H,17,20)/t8-/m0/s1. The fraction of sp³-hybridized carbons (Fsp3) is 0.667. The first-order valence-electron chi connectivity index (χ1n) is 6.47. The molecule has 1 fully saturated rings. The van der Waals surface area contributed by atoms with Crippen LogP contribution in [0.2, 0.25) is 0 Å². The van der Waals surface area contributed by atoms with Crippen molar-refractivity contribution in [1.82, 2.24) is 15.1 Å². The molecule has 1 amide bonds. The first kappa shape index (κ1) is 16.3. The molecule has 21 heavy (non-hydrogen) atoms. The molecule has 1 aromatic heterocycles.